The summed E-state index contributed by atoms with van der Waals surface area (Å²) in [6, 6.07) is 9.14. The van der Waals surface area contributed by atoms with E-state index in [0.717, 1.165) is 31.2 Å². The number of thioether (sulfide) groups is 1. The van der Waals surface area contributed by atoms with Gasteiger partial charge in [0.25, 0.3) is 0 Å². The molecule has 2 amide bonds. The third-order valence-corrected chi connectivity index (χ3v) is 11.5. The molecule has 9 heteroatoms. The van der Waals surface area contributed by atoms with Gasteiger partial charge < -0.3 is 19.6 Å². The van der Waals surface area contributed by atoms with Crippen LogP contribution in [0.4, 0.5) is 0 Å². The van der Waals surface area contributed by atoms with Crippen molar-refractivity contribution in [1.82, 2.24) is 9.80 Å². The normalized spacial score (nSPS) is 28.4. The quantitative estimate of drug-likeness (QED) is 0.123. The van der Waals surface area contributed by atoms with Gasteiger partial charge in [0.1, 0.15) is 6.04 Å². The van der Waals surface area contributed by atoms with Gasteiger partial charge in [0, 0.05) is 36.3 Å². The Morgan fingerprint density at radius 3 is 2.62 bits per heavy atom. The molecular formula is C31H41BrN2O5S. The smallest absolute Gasteiger partial charge is 0.310 e. The highest BCUT2D eigenvalue weighted by Crippen LogP contribution is 2.68. The van der Waals surface area contributed by atoms with Crippen molar-refractivity contribution in [2.24, 2.45) is 11.8 Å². The topological polar surface area (TPSA) is 87.1 Å². The van der Waals surface area contributed by atoms with Crippen molar-refractivity contribution in [3.8, 4) is 0 Å². The summed E-state index contributed by atoms with van der Waals surface area (Å²) in [4.78, 5) is 45.6. The van der Waals surface area contributed by atoms with E-state index < -0.39 is 22.6 Å². The van der Waals surface area contributed by atoms with Crippen LogP contribution in [0.5, 0.6) is 0 Å². The molecule has 3 fully saturated rings. The van der Waals surface area contributed by atoms with Crippen LogP contribution in [0.1, 0.15) is 50.5 Å². The van der Waals surface area contributed by atoms with Crippen LogP contribution in [-0.4, -0.2) is 79.9 Å². The maximum absolute atomic E-state index is 14.5. The van der Waals surface area contributed by atoms with Crippen molar-refractivity contribution in [2.75, 3.05) is 26.3 Å². The molecule has 0 aromatic heterocycles. The summed E-state index contributed by atoms with van der Waals surface area (Å²) >= 11 is 5.44. The predicted molar refractivity (Wildman–Crippen MR) is 162 cm³/mol. The number of carbonyl (C=O) groups is 3. The molecule has 1 aromatic carbocycles. The molecule has 1 N–H and O–H groups in total. The van der Waals surface area contributed by atoms with Crippen LogP contribution in [0.15, 0.2) is 55.6 Å². The zero-order valence-corrected chi connectivity index (χ0v) is 25.5. The van der Waals surface area contributed by atoms with Gasteiger partial charge in [0.2, 0.25) is 11.8 Å². The fourth-order valence-corrected chi connectivity index (χ4v) is 10.1. The first-order chi connectivity index (χ1) is 19.4. The first kappa shape index (κ1) is 30.8. The number of nitrogens with zero attached hydrogens (tertiary/aromatic N) is 2. The molecule has 1 spiro atoms. The monoisotopic (exact) mass is 632 g/mol. The van der Waals surface area contributed by atoms with Gasteiger partial charge in [0.05, 0.1) is 23.2 Å². The molecule has 0 saturated carbocycles. The van der Waals surface area contributed by atoms with Crippen LogP contribution in [-0.2, 0) is 25.7 Å². The highest BCUT2D eigenvalue weighted by atomic mass is 79.9. The number of halogens is 1. The second-order valence-corrected chi connectivity index (χ2v) is 13.6. The van der Waals surface area contributed by atoms with Crippen molar-refractivity contribution < 1.29 is 24.2 Å². The molecule has 3 saturated heterocycles. The number of rotatable bonds is 16. The third kappa shape index (κ3) is 6.21. The summed E-state index contributed by atoms with van der Waals surface area (Å²) in [6.07, 6.45) is 8.80. The number of hydrogen-bond donors (Lipinski definition) is 1. The lowest BCUT2D eigenvalue weighted by Gasteiger charge is -2.38. The maximum Gasteiger partial charge on any atom is 0.310 e. The Hall–Kier alpha value is -2.10. The number of aliphatic hydroxyl groups excluding tert-OH is 1. The Labute approximate surface area is 250 Å². The Morgan fingerprint density at radius 1 is 1.15 bits per heavy atom. The SMILES string of the molecule is C=CCCCCOC(=O)[C@H]1[C@H]2C(=O)N(CCCCCO)C(C(=O)N(CC=C)Cc3ccccc3)C23CC(Br)[C@@H]1S3. The number of likely N-dealkylation sites (tertiary alicyclic amines) is 1. The summed E-state index contributed by atoms with van der Waals surface area (Å²) in [5.41, 5.74) is 1.00. The minimum Gasteiger partial charge on any atom is -0.465 e. The number of benzene rings is 1. The molecule has 3 unspecified atom stereocenters. The summed E-state index contributed by atoms with van der Waals surface area (Å²) in [6.45, 7) is 9.23. The Balaban J connectivity index is 1.63. The lowest BCUT2D eigenvalue weighted by molar-refractivity contribution is -0.154. The second kappa shape index (κ2) is 14.2. The van der Waals surface area contributed by atoms with Gasteiger partial charge in [-0.2, -0.15) is 0 Å². The molecule has 3 heterocycles. The molecule has 2 bridgehead atoms. The number of aliphatic hydroxyl groups is 1. The van der Waals surface area contributed by atoms with E-state index in [2.05, 4.69) is 29.1 Å². The van der Waals surface area contributed by atoms with Crippen molar-refractivity contribution in [1.29, 1.82) is 0 Å². The average Bonchev–Trinajstić information content (AvgIpc) is 3.54. The standard InChI is InChI=1S/C31H41BrN2O5S/c1-3-5-6-13-19-39-30(38)24-25-28(36)34(17-11-8-12-18-35)27(31(25)20-23(32)26(24)40-31)29(37)33(16-4-2)21-22-14-9-7-10-15-22/h3-4,7,9-10,14-15,23-27,35H,1-2,5-6,8,11-13,16-21H2/t23?,24-,25-,26-,27?,31?/m0/s1. The van der Waals surface area contributed by atoms with Crippen LogP contribution in [0.25, 0.3) is 0 Å². The van der Waals surface area contributed by atoms with Gasteiger partial charge >= 0.3 is 5.97 Å². The van der Waals surface area contributed by atoms with E-state index >= 15 is 0 Å². The van der Waals surface area contributed by atoms with Gasteiger partial charge in [-0.15, -0.1) is 24.9 Å². The summed E-state index contributed by atoms with van der Waals surface area (Å²) in [5.74, 6) is -1.74. The van der Waals surface area contributed by atoms with Crippen molar-refractivity contribution >= 4 is 45.5 Å². The second-order valence-electron chi connectivity index (χ2n) is 10.9. The van der Waals surface area contributed by atoms with E-state index in [1.807, 2.05) is 36.4 Å². The molecule has 3 aliphatic rings. The number of hydrogen-bond acceptors (Lipinski definition) is 6. The van der Waals surface area contributed by atoms with E-state index in [1.165, 1.54) is 0 Å². The average molecular weight is 634 g/mol. The molecule has 3 aliphatic heterocycles. The van der Waals surface area contributed by atoms with Gasteiger partial charge in [-0.1, -0.05) is 58.4 Å². The Morgan fingerprint density at radius 2 is 1.93 bits per heavy atom. The fourth-order valence-electron chi connectivity index (χ4n) is 6.51. The van der Waals surface area contributed by atoms with E-state index in [1.54, 1.807) is 27.6 Å². The van der Waals surface area contributed by atoms with Gasteiger partial charge in [-0.25, -0.2) is 0 Å². The summed E-state index contributed by atoms with van der Waals surface area (Å²) in [7, 11) is 0. The Kier molecular flexibility index (Phi) is 10.9. The largest absolute Gasteiger partial charge is 0.465 e. The zero-order valence-electron chi connectivity index (χ0n) is 23.1. The van der Waals surface area contributed by atoms with E-state index in [0.29, 0.717) is 45.5 Å². The first-order valence-corrected chi connectivity index (χ1v) is 16.1. The van der Waals surface area contributed by atoms with Crippen LogP contribution in [0.3, 0.4) is 0 Å². The molecule has 6 atom stereocenters. The number of ether oxygens (including phenoxy) is 1. The number of fused-ring (bicyclic) bond motifs is 1. The minimum absolute atomic E-state index is 0.00600. The molecule has 40 heavy (non-hydrogen) atoms. The van der Waals surface area contributed by atoms with Gasteiger partial charge in [0.15, 0.2) is 0 Å². The van der Waals surface area contributed by atoms with Gasteiger partial charge in [-0.3, -0.25) is 14.4 Å². The van der Waals surface area contributed by atoms with E-state index in [9.17, 15) is 19.5 Å². The Bertz CT molecular complexity index is 1070. The van der Waals surface area contributed by atoms with E-state index in [4.69, 9.17) is 4.74 Å². The van der Waals surface area contributed by atoms with Crippen LogP contribution >= 0.6 is 27.7 Å². The highest BCUT2D eigenvalue weighted by molar-refractivity contribution is 9.09. The molecule has 218 valence electrons. The lowest BCUT2D eigenvalue weighted by atomic mass is 9.71. The van der Waals surface area contributed by atoms with Crippen LogP contribution < -0.4 is 0 Å². The number of esters is 1. The number of unbranched alkanes of at least 4 members (excludes halogenated alkanes) is 4. The van der Waals surface area contributed by atoms with Gasteiger partial charge in [-0.05, 0) is 50.5 Å². The highest BCUT2D eigenvalue weighted by Gasteiger charge is 2.76. The zero-order chi connectivity index (χ0) is 28.7. The van der Waals surface area contributed by atoms with Crippen molar-refractivity contribution in [3.63, 3.8) is 0 Å². The van der Waals surface area contributed by atoms with Crippen molar-refractivity contribution in [2.45, 2.75) is 72.4 Å². The molecule has 0 radical (unpaired) electrons. The predicted octanol–water partition coefficient (Wildman–Crippen LogP) is 4.73. The molecule has 1 aromatic rings. The van der Waals surface area contributed by atoms with E-state index in [-0.39, 0.29) is 34.5 Å². The van der Waals surface area contributed by atoms with Crippen LogP contribution in [0.2, 0.25) is 0 Å². The summed E-state index contributed by atoms with van der Waals surface area (Å²) in [5, 5.41) is 9.14. The lowest BCUT2D eigenvalue weighted by Crippen LogP contribution is -2.55. The maximum atomic E-state index is 14.5. The molecule has 0 aliphatic carbocycles. The van der Waals surface area contributed by atoms with Crippen LogP contribution in [0, 0.1) is 11.8 Å². The minimum atomic E-state index is -0.702. The van der Waals surface area contributed by atoms with Crippen molar-refractivity contribution in [3.05, 3.63) is 61.2 Å². The number of alkyl halides is 1. The number of amides is 2. The number of allylic oxidation sites excluding steroid dienone is 1. The molecular weight excluding hydrogens is 592 g/mol. The molecule has 7 nitrogen and oxygen atoms in total. The molecule has 4 rings (SSSR count). The third-order valence-electron chi connectivity index (χ3n) is 8.28. The summed E-state index contributed by atoms with van der Waals surface area (Å²) < 4.78 is 5.02. The number of carbonyl (C=O) groups excluding carboxylic acids is 3. The fraction of sp³-hybridized carbons (Fsp3) is 0.581. The first-order valence-electron chi connectivity index (χ1n) is 14.3.